The number of hydrogen-bond acceptors (Lipinski definition) is 3. The number of hydrogen-bond donors (Lipinski definition) is 0. The number of nitrogens with zero attached hydrogens (tertiary/aromatic N) is 1. The zero-order valence-corrected chi connectivity index (χ0v) is 21.9. The minimum absolute atomic E-state index is 0.0686. The van der Waals surface area contributed by atoms with Crippen molar-refractivity contribution < 1.29 is 9.53 Å². The van der Waals surface area contributed by atoms with E-state index in [2.05, 4.69) is 31.0 Å². The van der Waals surface area contributed by atoms with Gasteiger partial charge in [0.15, 0.2) is 0 Å². The highest BCUT2D eigenvalue weighted by molar-refractivity contribution is 5.66. The highest BCUT2D eigenvalue weighted by Gasteiger charge is 2.21. The zero-order chi connectivity index (χ0) is 23.3. The van der Waals surface area contributed by atoms with E-state index in [9.17, 15) is 4.79 Å². The monoisotopic (exact) mass is 449 g/mol. The summed E-state index contributed by atoms with van der Waals surface area (Å²) in [5.74, 6) is -0.135. The SMILES string of the molecule is CCCCCCCCCCCCCCCCCCC[C@H](C[C@@H]1C=CCCN1C)OC(C)=O. The second-order valence-corrected chi connectivity index (χ2v) is 10.2. The fourth-order valence-electron chi connectivity index (χ4n) is 4.93. The minimum atomic E-state index is -0.135. The lowest BCUT2D eigenvalue weighted by Gasteiger charge is -2.31. The minimum Gasteiger partial charge on any atom is -0.462 e. The van der Waals surface area contributed by atoms with Crippen molar-refractivity contribution in [2.24, 2.45) is 0 Å². The molecule has 3 heteroatoms. The normalized spacial score (nSPS) is 17.5. The van der Waals surface area contributed by atoms with E-state index >= 15 is 0 Å². The molecule has 0 aromatic rings. The van der Waals surface area contributed by atoms with Crippen LogP contribution in [-0.4, -0.2) is 36.6 Å². The molecule has 3 nitrogen and oxygen atoms in total. The van der Waals surface area contributed by atoms with Crippen LogP contribution in [0.15, 0.2) is 12.2 Å². The van der Waals surface area contributed by atoms with Gasteiger partial charge in [0.25, 0.3) is 0 Å². The maximum absolute atomic E-state index is 11.5. The Morgan fingerprint density at radius 3 is 1.75 bits per heavy atom. The molecule has 1 aliphatic heterocycles. The van der Waals surface area contributed by atoms with E-state index in [1.807, 2.05) is 0 Å². The smallest absolute Gasteiger partial charge is 0.302 e. The lowest BCUT2D eigenvalue weighted by molar-refractivity contribution is -0.147. The van der Waals surface area contributed by atoms with Gasteiger partial charge in [-0.1, -0.05) is 122 Å². The molecule has 0 spiro atoms. The third kappa shape index (κ3) is 16.8. The zero-order valence-electron chi connectivity index (χ0n) is 21.9. The molecule has 0 amide bonds. The van der Waals surface area contributed by atoms with E-state index in [0.29, 0.717) is 6.04 Å². The van der Waals surface area contributed by atoms with Crippen LogP contribution in [0.4, 0.5) is 0 Å². The molecule has 1 rings (SSSR count). The van der Waals surface area contributed by atoms with Gasteiger partial charge in [-0.15, -0.1) is 0 Å². The summed E-state index contributed by atoms with van der Waals surface area (Å²) in [6.45, 7) is 4.94. The summed E-state index contributed by atoms with van der Waals surface area (Å²) in [4.78, 5) is 13.9. The van der Waals surface area contributed by atoms with E-state index in [4.69, 9.17) is 4.74 Å². The second kappa shape index (κ2) is 20.8. The summed E-state index contributed by atoms with van der Waals surface area (Å²) in [6.07, 6.45) is 31.4. The van der Waals surface area contributed by atoms with E-state index in [-0.39, 0.29) is 12.1 Å². The molecule has 0 aliphatic carbocycles. The van der Waals surface area contributed by atoms with E-state index in [1.165, 1.54) is 109 Å². The third-order valence-electron chi connectivity index (χ3n) is 7.04. The number of carbonyl (C=O) groups is 1. The van der Waals surface area contributed by atoms with Crippen molar-refractivity contribution in [3.63, 3.8) is 0 Å². The first-order valence-corrected chi connectivity index (χ1v) is 14.2. The Balaban J connectivity index is 1.92. The van der Waals surface area contributed by atoms with Gasteiger partial charge in [0, 0.05) is 25.9 Å². The van der Waals surface area contributed by atoms with Crippen LogP contribution in [0.3, 0.4) is 0 Å². The summed E-state index contributed by atoms with van der Waals surface area (Å²) in [6, 6.07) is 0.416. The molecular formula is C29H55NO2. The highest BCUT2D eigenvalue weighted by Crippen LogP contribution is 2.20. The number of ether oxygens (including phenoxy) is 1. The molecule has 188 valence electrons. The quantitative estimate of drug-likeness (QED) is 0.0997. The maximum Gasteiger partial charge on any atom is 0.302 e. The van der Waals surface area contributed by atoms with Gasteiger partial charge in [0.1, 0.15) is 6.10 Å². The van der Waals surface area contributed by atoms with Gasteiger partial charge >= 0.3 is 5.97 Å². The van der Waals surface area contributed by atoms with Crippen molar-refractivity contribution in [1.82, 2.24) is 4.90 Å². The summed E-state index contributed by atoms with van der Waals surface area (Å²) < 4.78 is 5.63. The fraction of sp³-hybridized carbons (Fsp3) is 0.897. The van der Waals surface area contributed by atoms with Crippen LogP contribution in [-0.2, 0) is 9.53 Å². The van der Waals surface area contributed by atoms with Crippen LogP contribution in [0.2, 0.25) is 0 Å². The number of esters is 1. The fourth-order valence-corrected chi connectivity index (χ4v) is 4.93. The van der Waals surface area contributed by atoms with Crippen LogP contribution in [0.5, 0.6) is 0 Å². The van der Waals surface area contributed by atoms with Crippen LogP contribution >= 0.6 is 0 Å². The molecule has 32 heavy (non-hydrogen) atoms. The van der Waals surface area contributed by atoms with E-state index < -0.39 is 0 Å². The molecule has 0 unspecified atom stereocenters. The summed E-state index contributed by atoms with van der Waals surface area (Å²) in [5, 5.41) is 0. The topological polar surface area (TPSA) is 29.5 Å². The van der Waals surface area contributed by atoms with Gasteiger partial charge in [-0.3, -0.25) is 9.69 Å². The molecule has 2 atom stereocenters. The second-order valence-electron chi connectivity index (χ2n) is 10.2. The first kappa shape index (κ1) is 29.2. The van der Waals surface area contributed by atoms with Crippen molar-refractivity contribution in [3.8, 4) is 0 Å². The van der Waals surface area contributed by atoms with Crippen LogP contribution in [0, 0.1) is 0 Å². The predicted molar refractivity (Wildman–Crippen MR) is 139 cm³/mol. The Morgan fingerprint density at radius 2 is 1.31 bits per heavy atom. The van der Waals surface area contributed by atoms with Gasteiger partial charge in [0.05, 0.1) is 0 Å². The summed E-state index contributed by atoms with van der Waals surface area (Å²) in [7, 11) is 2.18. The van der Waals surface area contributed by atoms with Crippen LogP contribution < -0.4 is 0 Å². The first-order chi connectivity index (χ1) is 15.6. The molecule has 1 aliphatic rings. The van der Waals surface area contributed by atoms with Crippen LogP contribution in [0.1, 0.15) is 142 Å². The average Bonchev–Trinajstić information content (AvgIpc) is 2.77. The van der Waals surface area contributed by atoms with Crippen LogP contribution in [0.25, 0.3) is 0 Å². The van der Waals surface area contributed by atoms with E-state index in [0.717, 1.165) is 25.8 Å². The maximum atomic E-state index is 11.5. The summed E-state index contributed by atoms with van der Waals surface area (Å²) >= 11 is 0. The summed E-state index contributed by atoms with van der Waals surface area (Å²) in [5.41, 5.74) is 0. The van der Waals surface area contributed by atoms with Crippen molar-refractivity contribution in [3.05, 3.63) is 12.2 Å². The number of carbonyl (C=O) groups excluding carboxylic acids is 1. The molecule has 0 saturated heterocycles. The molecule has 0 fully saturated rings. The molecule has 0 aromatic heterocycles. The number of unbranched alkanes of at least 4 members (excludes halogenated alkanes) is 16. The molecule has 0 radical (unpaired) electrons. The van der Waals surface area contributed by atoms with Gasteiger partial charge in [-0.2, -0.15) is 0 Å². The lowest BCUT2D eigenvalue weighted by atomic mass is 9.99. The molecule has 0 saturated carbocycles. The van der Waals surface area contributed by atoms with Crippen molar-refractivity contribution in [1.29, 1.82) is 0 Å². The van der Waals surface area contributed by atoms with Gasteiger partial charge in [-0.25, -0.2) is 0 Å². The van der Waals surface area contributed by atoms with Crippen molar-refractivity contribution >= 4 is 5.97 Å². The number of rotatable bonds is 21. The van der Waals surface area contributed by atoms with Gasteiger partial charge < -0.3 is 4.74 Å². The third-order valence-corrected chi connectivity index (χ3v) is 7.04. The average molecular weight is 450 g/mol. The molecule has 1 heterocycles. The first-order valence-electron chi connectivity index (χ1n) is 14.2. The van der Waals surface area contributed by atoms with E-state index in [1.54, 1.807) is 6.92 Å². The molecule has 0 bridgehead atoms. The molecule has 0 aromatic carbocycles. The Morgan fingerprint density at radius 1 is 0.844 bits per heavy atom. The Labute approximate surface area is 200 Å². The largest absolute Gasteiger partial charge is 0.462 e. The molecular weight excluding hydrogens is 394 g/mol. The lowest BCUT2D eigenvalue weighted by Crippen LogP contribution is -2.37. The van der Waals surface area contributed by atoms with Crippen molar-refractivity contribution in [2.45, 2.75) is 154 Å². The Bertz CT molecular complexity index is 462. The molecule has 0 N–H and O–H groups in total. The number of likely N-dealkylation sites (N-methyl/N-ethyl adjacent to an activating group) is 1. The van der Waals surface area contributed by atoms with Gasteiger partial charge in [0.2, 0.25) is 0 Å². The standard InChI is InChI=1S/C29H55NO2/c1-4-5-6-7-8-9-10-11-12-13-14-15-16-17-18-19-20-24-29(32-27(2)31)26-28-23-21-22-25-30(28)3/h21,23,28-29H,4-20,22,24-26H2,1-3H3/t28-,29+/m0/s1. The Hall–Kier alpha value is -0.830. The Kier molecular flexibility index (Phi) is 18.9. The highest BCUT2D eigenvalue weighted by atomic mass is 16.5. The predicted octanol–water partition coefficient (Wildman–Crippen LogP) is 8.61. The van der Waals surface area contributed by atoms with Crippen molar-refractivity contribution in [2.75, 3.05) is 13.6 Å². The van der Waals surface area contributed by atoms with Gasteiger partial charge in [-0.05, 0) is 26.3 Å².